The van der Waals surface area contributed by atoms with Crippen LogP contribution in [0.25, 0.3) is 0 Å². The van der Waals surface area contributed by atoms with Crippen LogP contribution in [-0.4, -0.2) is 11.2 Å². The minimum Gasteiger partial charge on any atom is -0.320 e. The van der Waals surface area contributed by atoms with Crippen molar-refractivity contribution in [2.24, 2.45) is 5.73 Å². The van der Waals surface area contributed by atoms with Gasteiger partial charge in [0.15, 0.2) is 0 Å². The number of hydrogen-bond donors (Lipinski definition) is 1. The topological polar surface area (TPSA) is 43.1 Å². The van der Waals surface area contributed by atoms with Gasteiger partial charge in [-0.15, -0.1) is 0 Å². The van der Waals surface area contributed by atoms with E-state index in [0.29, 0.717) is 6.42 Å². The van der Waals surface area contributed by atoms with E-state index in [0.717, 1.165) is 10.5 Å². The van der Waals surface area contributed by atoms with Crippen LogP contribution in [0.2, 0.25) is 0 Å². The van der Waals surface area contributed by atoms with E-state index in [1.807, 2.05) is 60.7 Å². The highest BCUT2D eigenvalue weighted by Gasteiger charge is 2.15. The molecule has 2 N–H and O–H groups in total. The fraction of sp³-hybridized carbons (Fsp3) is 0.133. The Labute approximate surface area is 111 Å². The van der Waals surface area contributed by atoms with Crippen molar-refractivity contribution in [1.29, 1.82) is 0 Å². The van der Waals surface area contributed by atoms with E-state index in [1.54, 1.807) is 0 Å². The Morgan fingerprint density at radius 1 is 1.00 bits per heavy atom. The van der Waals surface area contributed by atoms with Crippen LogP contribution in [0.4, 0.5) is 0 Å². The second-order valence-electron chi connectivity index (χ2n) is 4.03. The lowest BCUT2D eigenvalue weighted by molar-refractivity contribution is -0.112. The lowest BCUT2D eigenvalue weighted by atomic mass is 10.1. The van der Waals surface area contributed by atoms with E-state index in [9.17, 15) is 4.79 Å². The molecule has 0 unspecified atom stereocenters. The molecule has 0 amide bonds. The molecule has 0 saturated heterocycles. The molecule has 0 aromatic heterocycles. The van der Waals surface area contributed by atoms with Crippen LogP contribution in [0.5, 0.6) is 0 Å². The Morgan fingerprint density at radius 3 is 2.17 bits per heavy atom. The van der Waals surface area contributed by atoms with Gasteiger partial charge in [0.2, 0.25) is 5.12 Å². The molecular formula is C15H15NOS. The van der Waals surface area contributed by atoms with Gasteiger partial charge in [-0.05, 0) is 24.1 Å². The maximum atomic E-state index is 12.0. The van der Waals surface area contributed by atoms with Crippen LogP contribution >= 0.6 is 11.8 Å². The molecule has 92 valence electrons. The van der Waals surface area contributed by atoms with E-state index < -0.39 is 6.04 Å². The van der Waals surface area contributed by atoms with Crippen molar-refractivity contribution < 1.29 is 4.79 Å². The number of nitrogens with two attached hydrogens (primary N) is 1. The summed E-state index contributed by atoms with van der Waals surface area (Å²) in [6.07, 6.45) is 0.583. The molecule has 2 aromatic rings. The van der Waals surface area contributed by atoms with Crippen LogP contribution in [0.1, 0.15) is 5.56 Å². The highest BCUT2D eigenvalue weighted by atomic mass is 32.2. The van der Waals surface area contributed by atoms with Crippen molar-refractivity contribution in [3.8, 4) is 0 Å². The average Bonchev–Trinajstić information content (AvgIpc) is 2.41. The third-order valence-corrected chi connectivity index (χ3v) is 3.57. The molecule has 0 radical (unpaired) electrons. The molecule has 2 rings (SSSR count). The fourth-order valence-electron chi connectivity index (χ4n) is 1.63. The van der Waals surface area contributed by atoms with Crippen molar-refractivity contribution >= 4 is 16.9 Å². The van der Waals surface area contributed by atoms with Crippen LogP contribution in [0.15, 0.2) is 65.6 Å². The average molecular weight is 257 g/mol. The number of hydrogen-bond acceptors (Lipinski definition) is 3. The van der Waals surface area contributed by atoms with Crippen molar-refractivity contribution in [1.82, 2.24) is 0 Å². The SMILES string of the molecule is N[C@H](Cc1ccccc1)C(=O)Sc1ccccc1. The summed E-state index contributed by atoms with van der Waals surface area (Å²) >= 11 is 1.21. The fourth-order valence-corrected chi connectivity index (χ4v) is 2.39. The molecule has 0 saturated carbocycles. The van der Waals surface area contributed by atoms with Gasteiger partial charge in [-0.1, -0.05) is 60.3 Å². The molecule has 0 aliphatic heterocycles. The van der Waals surface area contributed by atoms with Crippen molar-refractivity contribution in [3.63, 3.8) is 0 Å². The van der Waals surface area contributed by atoms with Gasteiger partial charge in [-0.3, -0.25) is 4.79 Å². The molecule has 0 fully saturated rings. The molecule has 2 nitrogen and oxygen atoms in total. The zero-order valence-electron chi connectivity index (χ0n) is 9.95. The minimum atomic E-state index is -0.461. The van der Waals surface area contributed by atoms with Gasteiger partial charge >= 0.3 is 0 Å². The number of carbonyl (C=O) groups is 1. The van der Waals surface area contributed by atoms with Gasteiger partial charge in [0.05, 0.1) is 6.04 Å². The van der Waals surface area contributed by atoms with Crippen molar-refractivity contribution in [2.75, 3.05) is 0 Å². The normalized spacial score (nSPS) is 12.1. The predicted octanol–water partition coefficient (Wildman–Crippen LogP) is 2.88. The first-order chi connectivity index (χ1) is 8.75. The molecule has 0 spiro atoms. The molecular weight excluding hydrogens is 242 g/mol. The molecule has 3 heteroatoms. The summed E-state index contributed by atoms with van der Waals surface area (Å²) in [5, 5.41) is 0.00468. The monoisotopic (exact) mass is 257 g/mol. The third-order valence-electron chi connectivity index (χ3n) is 2.56. The molecule has 1 atom stereocenters. The molecule has 0 bridgehead atoms. The first-order valence-electron chi connectivity index (χ1n) is 5.82. The summed E-state index contributed by atoms with van der Waals surface area (Å²) < 4.78 is 0. The van der Waals surface area contributed by atoms with Gasteiger partial charge in [-0.25, -0.2) is 0 Å². The van der Waals surface area contributed by atoms with Crippen LogP contribution in [0, 0.1) is 0 Å². The van der Waals surface area contributed by atoms with Crippen LogP contribution < -0.4 is 5.73 Å². The maximum absolute atomic E-state index is 12.0. The van der Waals surface area contributed by atoms with E-state index in [4.69, 9.17) is 5.73 Å². The summed E-state index contributed by atoms with van der Waals surface area (Å²) in [7, 11) is 0. The summed E-state index contributed by atoms with van der Waals surface area (Å²) in [6.45, 7) is 0. The Morgan fingerprint density at radius 2 is 1.56 bits per heavy atom. The van der Waals surface area contributed by atoms with Gasteiger partial charge < -0.3 is 5.73 Å². The zero-order chi connectivity index (χ0) is 12.8. The van der Waals surface area contributed by atoms with Crippen LogP contribution in [-0.2, 0) is 11.2 Å². The Kier molecular flexibility index (Phi) is 4.56. The van der Waals surface area contributed by atoms with Crippen molar-refractivity contribution in [2.45, 2.75) is 17.4 Å². The van der Waals surface area contributed by atoms with Gasteiger partial charge in [0.1, 0.15) is 0 Å². The number of benzene rings is 2. The number of rotatable bonds is 4. The smallest absolute Gasteiger partial charge is 0.210 e. The summed E-state index contributed by atoms with van der Waals surface area (Å²) in [4.78, 5) is 12.9. The zero-order valence-corrected chi connectivity index (χ0v) is 10.8. The lowest BCUT2D eigenvalue weighted by Crippen LogP contribution is -2.30. The second-order valence-corrected chi connectivity index (χ2v) is 5.11. The van der Waals surface area contributed by atoms with E-state index >= 15 is 0 Å². The van der Waals surface area contributed by atoms with E-state index in [1.165, 1.54) is 11.8 Å². The van der Waals surface area contributed by atoms with Crippen LogP contribution in [0.3, 0.4) is 0 Å². The second kappa shape index (κ2) is 6.38. The van der Waals surface area contributed by atoms with E-state index in [2.05, 4.69) is 0 Å². The van der Waals surface area contributed by atoms with Gasteiger partial charge in [-0.2, -0.15) is 0 Å². The molecule has 18 heavy (non-hydrogen) atoms. The Balaban J connectivity index is 1.93. The standard InChI is InChI=1S/C15H15NOS/c16-14(11-12-7-3-1-4-8-12)15(17)18-13-9-5-2-6-10-13/h1-10,14H,11,16H2/t14-/m1/s1. The first-order valence-corrected chi connectivity index (χ1v) is 6.63. The minimum absolute atomic E-state index is 0.00468. The number of carbonyl (C=O) groups excluding carboxylic acids is 1. The van der Waals surface area contributed by atoms with Crippen molar-refractivity contribution in [3.05, 3.63) is 66.2 Å². The first kappa shape index (κ1) is 12.9. The third kappa shape index (κ3) is 3.72. The molecule has 0 aliphatic rings. The molecule has 0 aliphatic carbocycles. The largest absolute Gasteiger partial charge is 0.320 e. The highest BCUT2D eigenvalue weighted by Crippen LogP contribution is 2.20. The molecule has 2 aromatic carbocycles. The maximum Gasteiger partial charge on any atom is 0.210 e. The molecule has 0 heterocycles. The highest BCUT2D eigenvalue weighted by molar-refractivity contribution is 8.13. The quantitative estimate of drug-likeness (QED) is 0.856. The lowest BCUT2D eigenvalue weighted by Gasteiger charge is -2.09. The summed E-state index contributed by atoms with van der Waals surface area (Å²) in [5.74, 6) is 0. The van der Waals surface area contributed by atoms with E-state index in [-0.39, 0.29) is 5.12 Å². The summed E-state index contributed by atoms with van der Waals surface area (Å²) in [6, 6.07) is 19.0. The Hall–Kier alpha value is -1.58. The summed E-state index contributed by atoms with van der Waals surface area (Å²) in [5.41, 5.74) is 7.02. The number of thioether (sulfide) groups is 1. The van der Waals surface area contributed by atoms with Gasteiger partial charge in [0, 0.05) is 4.90 Å². The Bertz CT molecular complexity index is 498. The van der Waals surface area contributed by atoms with Gasteiger partial charge in [0.25, 0.3) is 0 Å². The predicted molar refractivity (Wildman–Crippen MR) is 75.4 cm³/mol.